The summed E-state index contributed by atoms with van der Waals surface area (Å²) in [5, 5.41) is 0. The van der Waals surface area contributed by atoms with Gasteiger partial charge in [0.15, 0.2) is 0 Å². The Hall–Kier alpha value is -0.590. The van der Waals surface area contributed by atoms with Gasteiger partial charge in [0.1, 0.15) is 0 Å². The van der Waals surface area contributed by atoms with Crippen LogP contribution < -0.4 is 0 Å². The van der Waals surface area contributed by atoms with Crippen molar-refractivity contribution in [2.45, 2.75) is 52.9 Å². The second-order valence-corrected chi connectivity index (χ2v) is 5.60. The molecule has 0 saturated carbocycles. The number of rotatable bonds is 0. The molecule has 0 N–H and O–H groups in total. The minimum absolute atomic E-state index is 0.267. The van der Waals surface area contributed by atoms with Crippen LogP contribution in [0.15, 0.2) is 16.8 Å². The molecule has 1 heterocycles. The molecule has 1 nitrogen and oxygen atoms in total. The molecule has 2 aliphatic rings. The van der Waals surface area contributed by atoms with Gasteiger partial charge in [-0.3, -0.25) is 4.99 Å². The first kappa shape index (κ1) is 9.95. The third-order valence-corrected chi connectivity index (χ3v) is 3.39. The van der Waals surface area contributed by atoms with E-state index in [1.165, 1.54) is 43.5 Å². The van der Waals surface area contributed by atoms with E-state index in [2.05, 4.69) is 26.8 Å². The Balaban J connectivity index is 2.24. The van der Waals surface area contributed by atoms with E-state index in [0.29, 0.717) is 0 Å². The Labute approximate surface area is 87.3 Å². The third-order valence-electron chi connectivity index (χ3n) is 3.39. The van der Waals surface area contributed by atoms with Crippen LogP contribution in [0.5, 0.6) is 0 Å². The van der Waals surface area contributed by atoms with Crippen LogP contribution in [0.2, 0.25) is 0 Å². The fraction of sp³-hybridized carbons (Fsp3) is 0.769. The predicted molar refractivity (Wildman–Crippen MR) is 61.5 cm³/mol. The van der Waals surface area contributed by atoms with Crippen LogP contribution >= 0.6 is 0 Å². The maximum absolute atomic E-state index is 4.85. The SMILES string of the molecule is CC(C)(C)C1=NC2=CCCCC2CC1. The zero-order valence-corrected chi connectivity index (χ0v) is 9.64. The molecule has 0 aromatic rings. The van der Waals surface area contributed by atoms with E-state index >= 15 is 0 Å². The molecule has 0 aromatic heterocycles. The lowest BCUT2D eigenvalue weighted by atomic mass is 9.79. The van der Waals surface area contributed by atoms with Crippen LogP contribution in [0.4, 0.5) is 0 Å². The van der Waals surface area contributed by atoms with Gasteiger partial charge in [-0.1, -0.05) is 26.8 Å². The fourth-order valence-electron chi connectivity index (χ4n) is 2.42. The molecular formula is C13H21N. The molecule has 14 heavy (non-hydrogen) atoms. The number of hydrogen-bond acceptors (Lipinski definition) is 1. The number of hydrogen-bond donors (Lipinski definition) is 0. The lowest BCUT2D eigenvalue weighted by Crippen LogP contribution is -2.26. The number of aliphatic imine (C=N–C) groups is 1. The van der Waals surface area contributed by atoms with Gasteiger partial charge < -0.3 is 0 Å². The molecule has 0 aromatic carbocycles. The van der Waals surface area contributed by atoms with Crippen LogP contribution in [0.3, 0.4) is 0 Å². The molecule has 0 saturated heterocycles. The fourth-order valence-corrected chi connectivity index (χ4v) is 2.42. The lowest BCUT2D eigenvalue weighted by molar-refractivity contribution is 0.451. The summed E-state index contributed by atoms with van der Waals surface area (Å²) < 4.78 is 0. The summed E-state index contributed by atoms with van der Waals surface area (Å²) in [5.41, 5.74) is 3.07. The van der Waals surface area contributed by atoms with E-state index < -0.39 is 0 Å². The van der Waals surface area contributed by atoms with Crippen LogP contribution in [0.1, 0.15) is 52.9 Å². The smallest absolute Gasteiger partial charge is 0.0394 e. The molecule has 1 aliphatic carbocycles. The van der Waals surface area contributed by atoms with Crippen molar-refractivity contribution in [1.29, 1.82) is 0 Å². The second-order valence-electron chi connectivity index (χ2n) is 5.60. The van der Waals surface area contributed by atoms with Gasteiger partial charge in [-0.05, 0) is 32.1 Å². The molecule has 1 aliphatic heterocycles. The van der Waals surface area contributed by atoms with E-state index in [9.17, 15) is 0 Å². The second kappa shape index (κ2) is 3.52. The first-order valence-corrected chi connectivity index (χ1v) is 5.85. The third kappa shape index (κ3) is 1.92. The van der Waals surface area contributed by atoms with Gasteiger partial charge in [0.25, 0.3) is 0 Å². The van der Waals surface area contributed by atoms with Crippen molar-refractivity contribution in [3.05, 3.63) is 11.8 Å². The Morgan fingerprint density at radius 3 is 2.79 bits per heavy atom. The predicted octanol–water partition coefficient (Wildman–Crippen LogP) is 3.95. The highest BCUT2D eigenvalue weighted by Crippen LogP contribution is 2.36. The quantitative estimate of drug-likeness (QED) is 0.549. The molecule has 0 fully saturated rings. The summed E-state index contributed by atoms with van der Waals surface area (Å²) in [6.45, 7) is 6.82. The van der Waals surface area contributed by atoms with E-state index in [1.54, 1.807) is 0 Å². The van der Waals surface area contributed by atoms with Crippen LogP contribution in [-0.4, -0.2) is 5.71 Å². The van der Waals surface area contributed by atoms with E-state index in [4.69, 9.17) is 4.99 Å². The van der Waals surface area contributed by atoms with Crippen molar-refractivity contribution in [2.75, 3.05) is 0 Å². The molecule has 1 heteroatoms. The Kier molecular flexibility index (Phi) is 2.50. The molecule has 0 spiro atoms. The lowest BCUT2D eigenvalue weighted by Gasteiger charge is -2.31. The number of fused-ring (bicyclic) bond motifs is 1. The minimum atomic E-state index is 0.267. The largest absolute Gasteiger partial charge is 0.262 e. The first-order chi connectivity index (χ1) is 6.57. The van der Waals surface area contributed by atoms with Gasteiger partial charge in [-0.15, -0.1) is 0 Å². The van der Waals surface area contributed by atoms with E-state index in [-0.39, 0.29) is 5.41 Å². The summed E-state index contributed by atoms with van der Waals surface area (Å²) in [5.74, 6) is 0.787. The maximum atomic E-state index is 4.85. The standard InChI is InChI=1S/C13H21N/c1-13(2,3)12-9-8-10-6-4-5-7-11(10)14-12/h7,10H,4-6,8-9H2,1-3H3. The van der Waals surface area contributed by atoms with Crippen molar-refractivity contribution in [3.63, 3.8) is 0 Å². The van der Waals surface area contributed by atoms with Gasteiger partial charge in [0.05, 0.1) is 0 Å². The molecule has 0 radical (unpaired) electrons. The monoisotopic (exact) mass is 191 g/mol. The van der Waals surface area contributed by atoms with Gasteiger partial charge in [0.2, 0.25) is 0 Å². The number of allylic oxidation sites excluding steroid dienone is 2. The van der Waals surface area contributed by atoms with E-state index in [1.807, 2.05) is 0 Å². The first-order valence-electron chi connectivity index (χ1n) is 5.85. The average molecular weight is 191 g/mol. The zero-order chi connectivity index (χ0) is 10.2. The summed E-state index contributed by atoms with van der Waals surface area (Å²) >= 11 is 0. The maximum Gasteiger partial charge on any atom is 0.0394 e. The van der Waals surface area contributed by atoms with Gasteiger partial charge in [-0.25, -0.2) is 0 Å². The summed E-state index contributed by atoms with van der Waals surface area (Å²) in [4.78, 5) is 4.85. The van der Waals surface area contributed by atoms with Crippen LogP contribution in [0.25, 0.3) is 0 Å². The van der Waals surface area contributed by atoms with Gasteiger partial charge >= 0.3 is 0 Å². The Morgan fingerprint density at radius 2 is 2.07 bits per heavy atom. The van der Waals surface area contributed by atoms with Crippen molar-refractivity contribution in [2.24, 2.45) is 16.3 Å². The highest BCUT2D eigenvalue weighted by atomic mass is 14.8. The molecule has 78 valence electrons. The summed E-state index contributed by atoms with van der Waals surface area (Å²) in [6.07, 6.45) is 8.89. The Morgan fingerprint density at radius 1 is 1.29 bits per heavy atom. The summed E-state index contributed by atoms with van der Waals surface area (Å²) in [6, 6.07) is 0. The minimum Gasteiger partial charge on any atom is -0.262 e. The topological polar surface area (TPSA) is 12.4 Å². The van der Waals surface area contributed by atoms with Crippen molar-refractivity contribution < 1.29 is 0 Å². The highest BCUT2D eigenvalue weighted by Gasteiger charge is 2.27. The van der Waals surface area contributed by atoms with Gasteiger partial charge in [-0.2, -0.15) is 0 Å². The van der Waals surface area contributed by atoms with E-state index in [0.717, 1.165) is 5.92 Å². The van der Waals surface area contributed by atoms with Crippen LogP contribution in [0, 0.1) is 11.3 Å². The molecule has 1 atom stereocenters. The molecule has 0 amide bonds. The van der Waals surface area contributed by atoms with Crippen molar-refractivity contribution in [3.8, 4) is 0 Å². The molecule has 1 unspecified atom stereocenters. The summed E-state index contributed by atoms with van der Waals surface area (Å²) in [7, 11) is 0. The highest BCUT2D eigenvalue weighted by molar-refractivity contribution is 5.90. The van der Waals surface area contributed by atoms with Gasteiger partial charge in [0, 0.05) is 22.7 Å². The molecular weight excluding hydrogens is 170 g/mol. The molecule has 0 bridgehead atoms. The Bertz CT molecular complexity index is 278. The van der Waals surface area contributed by atoms with Crippen LogP contribution in [-0.2, 0) is 0 Å². The normalized spacial score (nSPS) is 27.8. The van der Waals surface area contributed by atoms with Crippen molar-refractivity contribution >= 4 is 5.71 Å². The number of nitrogens with zero attached hydrogens (tertiary/aromatic N) is 1. The van der Waals surface area contributed by atoms with Crippen molar-refractivity contribution in [1.82, 2.24) is 0 Å². The molecule has 2 rings (SSSR count). The average Bonchev–Trinajstić information content (AvgIpc) is 2.16. The zero-order valence-electron chi connectivity index (χ0n) is 9.64.